The van der Waals surface area contributed by atoms with Crippen LogP contribution in [0.3, 0.4) is 0 Å². The van der Waals surface area contributed by atoms with Crippen molar-refractivity contribution < 1.29 is 0 Å². The minimum absolute atomic E-state index is 0.574. The zero-order chi connectivity index (χ0) is 16.8. The van der Waals surface area contributed by atoms with Crippen LogP contribution in [0, 0.1) is 11.8 Å². The second-order valence-electron chi connectivity index (χ2n) is 7.53. The van der Waals surface area contributed by atoms with Gasteiger partial charge in [0.2, 0.25) is 0 Å². The van der Waals surface area contributed by atoms with E-state index < -0.39 is 0 Å². The van der Waals surface area contributed by atoms with E-state index in [-0.39, 0.29) is 0 Å². The molecule has 0 radical (unpaired) electrons. The second-order valence-corrected chi connectivity index (χ2v) is 7.53. The molecule has 2 rings (SSSR count). The molecule has 1 saturated heterocycles. The summed E-state index contributed by atoms with van der Waals surface area (Å²) in [5.74, 6) is 2.98. The van der Waals surface area contributed by atoms with Gasteiger partial charge in [0.25, 0.3) is 0 Å². The topological polar surface area (TPSA) is 58.3 Å². The summed E-state index contributed by atoms with van der Waals surface area (Å²) in [4.78, 5) is 13.7. The van der Waals surface area contributed by atoms with Gasteiger partial charge in [-0.25, -0.2) is 9.97 Å². The third kappa shape index (κ3) is 4.98. The van der Waals surface area contributed by atoms with Crippen LogP contribution in [0.4, 0.5) is 17.3 Å². The van der Waals surface area contributed by atoms with E-state index in [1.54, 1.807) is 6.33 Å². The minimum atomic E-state index is 0.574. The summed E-state index contributed by atoms with van der Waals surface area (Å²) < 4.78 is 0. The summed E-state index contributed by atoms with van der Waals surface area (Å²) in [5.41, 5.74) is 7.26. The molecule has 0 spiro atoms. The Bertz CT molecular complexity index is 468. The lowest BCUT2D eigenvalue weighted by molar-refractivity contribution is 0.549. The SMILES string of the molecule is CC(C)CN(CC(C)C)c1ncnc(N2CCCCCC2)c1N. The van der Waals surface area contributed by atoms with E-state index in [9.17, 15) is 0 Å². The van der Waals surface area contributed by atoms with E-state index >= 15 is 0 Å². The zero-order valence-corrected chi connectivity index (χ0v) is 15.3. The lowest BCUT2D eigenvalue weighted by Gasteiger charge is -2.30. The Hall–Kier alpha value is -1.52. The fourth-order valence-corrected chi connectivity index (χ4v) is 3.29. The van der Waals surface area contributed by atoms with E-state index in [2.05, 4.69) is 47.5 Å². The van der Waals surface area contributed by atoms with Gasteiger partial charge in [0.05, 0.1) is 0 Å². The van der Waals surface area contributed by atoms with Crippen LogP contribution in [0.15, 0.2) is 6.33 Å². The normalized spacial score (nSPS) is 16.0. The number of aromatic nitrogens is 2. The molecule has 0 aromatic carbocycles. The standard InChI is InChI=1S/C18H33N5/c1-14(2)11-23(12-15(3)4)18-16(19)17(20-13-21-18)22-9-7-5-6-8-10-22/h13-15H,5-12,19H2,1-4H3. The van der Waals surface area contributed by atoms with Gasteiger partial charge in [0, 0.05) is 26.2 Å². The molecule has 1 aliphatic heterocycles. The van der Waals surface area contributed by atoms with E-state index in [0.29, 0.717) is 11.8 Å². The number of nitrogens with zero attached hydrogens (tertiary/aromatic N) is 4. The molecule has 0 atom stereocenters. The second kappa shape index (κ2) is 8.37. The first-order chi connectivity index (χ1) is 11.0. The smallest absolute Gasteiger partial charge is 0.157 e. The predicted octanol–water partition coefficient (Wildman–Crippen LogP) is 3.56. The van der Waals surface area contributed by atoms with Gasteiger partial charge in [0.1, 0.15) is 12.0 Å². The summed E-state index contributed by atoms with van der Waals surface area (Å²) in [6, 6.07) is 0. The van der Waals surface area contributed by atoms with Crippen molar-refractivity contribution in [3.05, 3.63) is 6.33 Å². The lowest BCUT2D eigenvalue weighted by atomic mass is 10.1. The maximum atomic E-state index is 6.51. The van der Waals surface area contributed by atoms with E-state index in [1.807, 2.05) is 0 Å². The monoisotopic (exact) mass is 319 g/mol. The molecule has 130 valence electrons. The van der Waals surface area contributed by atoms with Crippen LogP contribution >= 0.6 is 0 Å². The Kier molecular flexibility index (Phi) is 6.48. The fourth-order valence-electron chi connectivity index (χ4n) is 3.29. The molecule has 0 aliphatic carbocycles. The maximum absolute atomic E-state index is 6.51. The van der Waals surface area contributed by atoms with Gasteiger partial charge in [-0.15, -0.1) is 0 Å². The molecule has 1 aromatic heterocycles. The van der Waals surface area contributed by atoms with Gasteiger partial charge < -0.3 is 15.5 Å². The Morgan fingerprint density at radius 2 is 1.57 bits per heavy atom. The van der Waals surface area contributed by atoms with Crippen molar-refractivity contribution >= 4 is 17.3 Å². The molecule has 5 nitrogen and oxygen atoms in total. The van der Waals surface area contributed by atoms with Gasteiger partial charge in [0.15, 0.2) is 11.6 Å². The third-order valence-electron chi connectivity index (χ3n) is 4.22. The molecular formula is C18H33N5. The van der Waals surface area contributed by atoms with Crippen LogP contribution in [0.2, 0.25) is 0 Å². The van der Waals surface area contributed by atoms with Crippen molar-refractivity contribution in [3.63, 3.8) is 0 Å². The number of hydrogen-bond acceptors (Lipinski definition) is 5. The first-order valence-corrected chi connectivity index (χ1v) is 9.09. The van der Waals surface area contributed by atoms with Gasteiger partial charge in [-0.1, -0.05) is 40.5 Å². The van der Waals surface area contributed by atoms with Crippen LogP contribution in [0.25, 0.3) is 0 Å². The summed E-state index contributed by atoms with van der Waals surface area (Å²) >= 11 is 0. The molecule has 1 aromatic rings. The number of rotatable bonds is 6. The quantitative estimate of drug-likeness (QED) is 0.869. The van der Waals surface area contributed by atoms with Crippen molar-refractivity contribution in [2.45, 2.75) is 53.4 Å². The van der Waals surface area contributed by atoms with Gasteiger partial charge in [-0.3, -0.25) is 0 Å². The van der Waals surface area contributed by atoms with Gasteiger partial charge >= 0.3 is 0 Å². The third-order valence-corrected chi connectivity index (χ3v) is 4.22. The summed E-state index contributed by atoms with van der Waals surface area (Å²) in [5, 5.41) is 0. The highest BCUT2D eigenvalue weighted by Crippen LogP contribution is 2.31. The Morgan fingerprint density at radius 3 is 2.09 bits per heavy atom. The molecule has 5 heteroatoms. The summed E-state index contributed by atoms with van der Waals surface area (Å²) in [6.45, 7) is 13.0. The lowest BCUT2D eigenvalue weighted by Crippen LogP contribution is -2.34. The van der Waals surface area contributed by atoms with Crippen molar-refractivity contribution in [1.82, 2.24) is 9.97 Å². The van der Waals surface area contributed by atoms with Crippen molar-refractivity contribution in [3.8, 4) is 0 Å². The molecule has 0 saturated carbocycles. The van der Waals surface area contributed by atoms with Crippen LogP contribution in [0.1, 0.15) is 53.4 Å². The molecule has 0 bridgehead atoms. The van der Waals surface area contributed by atoms with E-state index in [4.69, 9.17) is 5.73 Å². The largest absolute Gasteiger partial charge is 0.393 e. The Balaban J connectivity index is 2.28. The molecule has 2 N–H and O–H groups in total. The molecule has 1 fully saturated rings. The highest BCUT2D eigenvalue weighted by Gasteiger charge is 2.21. The average molecular weight is 319 g/mol. The fraction of sp³-hybridized carbons (Fsp3) is 0.778. The Labute approximate surface area is 141 Å². The number of anilines is 3. The first kappa shape index (κ1) is 17.8. The number of nitrogens with two attached hydrogens (primary N) is 1. The summed E-state index contributed by atoms with van der Waals surface area (Å²) in [7, 11) is 0. The predicted molar refractivity (Wildman–Crippen MR) is 99.0 cm³/mol. The van der Waals surface area contributed by atoms with Gasteiger partial charge in [-0.05, 0) is 24.7 Å². The zero-order valence-electron chi connectivity index (χ0n) is 15.3. The first-order valence-electron chi connectivity index (χ1n) is 9.09. The molecule has 0 unspecified atom stereocenters. The van der Waals surface area contributed by atoms with Crippen LogP contribution in [0.5, 0.6) is 0 Å². The minimum Gasteiger partial charge on any atom is -0.393 e. The highest BCUT2D eigenvalue weighted by atomic mass is 15.3. The number of nitrogen functional groups attached to an aromatic ring is 1. The van der Waals surface area contributed by atoms with E-state index in [1.165, 1.54) is 25.7 Å². The molecular weight excluding hydrogens is 286 g/mol. The van der Waals surface area contributed by atoms with Crippen molar-refractivity contribution in [1.29, 1.82) is 0 Å². The summed E-state index contributed by atoms with van der Waals surface area (Å²) in [6.07, 6.45) is 6.74. The Morgan fingerprint density at radius 1 is 1.00 bits per heavy atom. The highest BCUT2D eigenvalue weighted by molar-refractivity contribution is 5.75. The maximum Gasteiger partial charge on any atom is 0.157 e. The molecule has 23 heavy (non-hydrogen) atoms. The number of hydrogen-bond donors (Lipinski definition) is 1. The average Bonchev–Trinajstić information content (AvgIpc) is 2.75. The van der Waals surface area contributed by atoms with Crippen LogP contribution in [-0.2, 0) is 0 Å². The van der Waals surface area contributed by atoms with Crippen molar-refractivity contribution in [2.24, 2.45) is 11.8 Å². The molecule has 2 heterocycles. The van der Waals surface area contributed by atoms with E-state index in [0.717, 1.165) is 43.5 Å². The molecule has 1 aliphatic rings. The molecule has 0 amide bonds. The van der Waals surface area contributed by atoms with Crippen molar-refractivity contribution in [2.75, 3.05) is 41.7 Å². The van der Waals surface area contributed by atoms with Gasteiger partial charge in [-0.2, -0.15) is 0 Å². The van der Waals surface area contributed by atoms with Crippen LogP contribution in [-0.4, -0.2) is 36.1 Å². The van der Waals surface area contributed by atoms with Crippen LogP contribution < -0.4 is 15.5 Å².